The summed E-state index contributed by atoms with van der Waals surface area (Å²) >= 11 is 5.78. The number of nitrogen functional groups attached to an aromatic ring is 1. The van der Waals surface area contributed by atoms with Crippen molar-refractivity contribution in [2.45, 2.75) is 0 Å². The number of ether oxygens (including phenoxy) is 1. The van der Waals surface area contributed by atoms with E-state index in [1.165, 1.54) is 19.2 Å². The summed E-state index contributed by atoms with van der Waals surface area (Å²) in [6.45, 7) is 0. The number of carbonyl (C=O) groups excluding carboxylic acids is 1. The van der Waals surface area contributed by atoms with Gasteiger partial charge in [-0.3, -0.25) is 4.79 Å². The molecule has 2 aromatic carbocycles. The molecule has 0 fully saturated rings. The van der Waals surface area contributed by atoms with Gasteiger partial charge in [-0.2, -0.15) is 0 Å². The summed E-state index contributed by atoms with van der Waals surface area (Å²) in [5.74, 6) is -0.0225. The van der Waals surface area contributed by atoms with Crippen LogP contribution >= 0.6 is 11.6 Å². The van der Waals surface area contributed by atoms with Gasteiger partial charge in [0, 0.05) is 17.4 Å². The van der Waals surface area contributed by atoms with Gasteiger partial charge in [0.05, 0.1) is 17.7 Å². The number of hydrogen-bond donors (Lipinski definition) is 3. The van der Waals surface area contributed by atoms with Crippen LogP contribution in [-0.4, -0.2) is 18.1 Å². The summed E-state index contributed by atoms with van der Waals surface area (Å²) in [5, 5.41) is 12.2. The summed E-state index contributed by atoms with van der Waals surface area (Å²) in [6, 6.07) is 9.16. The minimum Gasteiger partial charge on any atom is -0.506 e. The highest BCUT2D eigenvalue weighted by atomic mass is 35.5. The van der Waals surface area contributed by atoms with E-state index in [-0.39, 0.29) is 16.7 Å². The average Bonchev–Trinajstić information content (AvgIpc) is 2.42. The molecule has 0 saturated heterocycles. The van der Waals surface area contributed by atoms with Crippen LogP contribution in [0.4, 0.5) is 11.4 Å². The second kappa shape index (κ2) is 5.71. The number of aromatic hydroxyl groups is 1. The lowest BCUT2D eigenvalue weighted by Crippen LogP contribution is -2.13. The van der Waals surface area contributed by atoms with Crippen molar-refractivity contribution in [2.75, 3.05) is 18.2 Å². The SMILES string of the molecule is COc1cc(N)ccc1C(=O)Nc1ccc(O)c(Cl)c1. The number of phenols is 1. The van der Waals surface area contributed by atoms with Gasteiger partial charge in [0.15, 0.2) is 0 Å². The zero-order valence-corrected chi connectivity index (χ0v) is 11.4. The van der Waals surface area contributed by atoms with Crippen LogP contribution in [0, 0.1) is 0 Å². The first kappa shape index (κ1) is 14.0. The molecule has 2 rings (SSSR count). The van der Waals surface area contributed by atoms with Gasteiger partial charge in [0.2, 0.25) is 0 Å². The molecule has 4 N–H and O–H groups in total. The lowest BCUT2D eigenvalue weighted by Gasteiger charge is -2.10. The molecule has 0 aliphatic rings. The maximum absolute atomic E-state index is 12.2. The molecular weight excluding hydrogens is 280 g/mol. The third kappa shape index (κ3) is 2.95. The highest BCUT2D eigenvalue weighted by Crippen LogP contribution is 2.27. The van der Waals surface area contributed by atoms with Crippen LogP contribution in [0.25, 0.3) is 0 Å². The fourth-order valence-electron chi connectivity index (χ4n) is 1.68. The number of rotatable bonds is 3. The summed E-state index contributed by atoms with van der Waals surface area (Å²) in [7, 11) is 1.46. The number of anilines is 2. The van der Waals surface area contributed by atoms with Gasteiger partial charge in [-0.05, 0) is 30.3 Å². The molecule has 2 aromatic rings. The van der Waals surface area contributed by atoms with Crippen molar-refractivity contribution in [3.63, 3.8) is 0 Å². The van der Waals surface area contributed by atoms with Crippen LogP contribution < -0.4 is 15.8 Å². The molecule has 0 radical (unpaired) electrons. The minimum absolute atomic E-state index is 0.0465. The quantitative estimate of drug-likeness (QED) is 0.600. The van der Waals surface area contributed by atoms with Crippen molar-refractivity contribution in [3.05, 3.63) is 47.0 Å². The normalized spacial score (nSPS) is 10.1. The third-order valence-electron chi connectivity index (χ3n) is 2.68. The second-order valence-corrected chi connectivity index (χ2v) is 4.49. The van der Waals surface area contributed by atoms with Gasteiger partial charge < -0.3 is 20.9 Å². The first-order valence-corrected chi connectivity index (χ1v) is 6.12. The zero-order chi connectivity index (χ0) is 14.7. The third-order valence-corrected chi connectivity index (χ3v) is 2.98. The number of halogens is 1. The molecule has 0 bridgehead atoms. The van der Waals surface area contributed by atoms with Crippen molar-refractivity contribution >= 4 is 28.9 Å². The number of carbonyl (C=O) groups is 1. The van der Waals surface area contributed by atoms with E-state index in [0.717, 1.165) is 0 Å². The number of benzene rings is 2. The maximum Gasteiger partial charge on any atom is 0.259 e. The maximum atomic E-state index is 12.2. The Morgan fingerprint density at radius 2 is 2.05 bits per heavy atom. The Bertz CT molecular complexity index is 659. The smallest absolute Gasteiger partial charge is 0.259 e. The largest absolute Gasteiger partial charge is 0.506 e. The van der Waals surface area contributed by atoms with Crippen LogP contribution in [0.15, 0.2) is 36.4 Å². The number of nitrogens with one attached hydrogen (secondary N) is 1. The molecule has 5 nitrogen and oxygen atoms in total. The molecule has 0 saturated carbocycles. The van der Waals surface area contributed by atoms with Gasteiger partial charge in [-0.15, -0.1) is 0 Å². The van der Waals surface area contributed by atoms with Crippen LogP contribution in [0.5, 0.6) is 11.5 Å². The van der Waals surface area contributed by atoms with E-state index in [4.69, 9.17) is 22.1 Å². The summed E-state index contributed by atoms with van der Waals surface area (Å²) in [6.07, 6.45) is 0. The van der Waals surface area contributed by atoms with Crippen LogP contribution in [0.2, 0.25) is 5.02 Å². The lowest BCUT2D eigenvalue weighted by molar-refractivity contribution is 0.102. The van der Waals surface area contributed by atoms with E-state index in [1.54, 1.807) is 24.3 Å². The van der Waals surface area contributed by atoms with Crippen LogP contribution in [0.1, 0.15) is 10.4 Å². The Morgan fingerprint density at radius 1 is 1.30 bits per heavy atom. The average molecular weight is 293 g/mol. The van der Waals surface area contributed by atoms with E-state index < -0.39 is 0 Å². The number of amides is 1. The fourth-order valence-corrected chi connectivity index (χ4v) is 1.86. The minimum atomic E-state index is -0.358. The molecule has 0 heterocycles. The highest BCUT2D eigenvalue weighted by molar-refractivity contribution is 6.32. The van der Waals surface area contributed by atoms with Crippen molar-refractivity contribution in [1.29, 1.82) is 0 Å². The Kier molecular flexibility index (Phi) is 4.00. The van der Waals surface area contributed by atoms with Gasteiger partial charge in [0.1, 0.15) is 11.5 Å². The van der Waals surface area contributed by atoms with E-state index >= 15 is 0 Å². The molecule has 0 aromatic heterocycles. The summed E-state index contributed by atoms with van der Waals surface area (Å²) in [4.78, 5) is 12.2. The molecule has 0 aliphatic carbocycles. The molecule has 1 amide bonds. The van der Waals surface area contributed by atoms with Gasteiger partial charge >= 0.3 is 0 Å². The van der Waals surface area contributed by atoms with E-state index in [1.807, 2.05) is 0 Å². The predicted molar refractivity (Wildman–Crippen MR) is 78.5 cm³/mol. The molecule has 0 aliphatic heterocycles. The van der Waals surface area contributed by atoms with E-state index in [0.29, 0.717) is 22.7 Å². The first-order chi connectivity index (χ1) is 9.51. The molecule has 104 valence electrons. The van der Waals surface area contributed by atoms with E-state index in [2.05, 4.69) is 5.32 Å². The Balaban J connectivity index is 2.25. The second-order valence-electron chi connectivity index (χ2n) is 4.08. The van der Waals surface area contributed by atoms with Crippen LogP contribution in [-0.2, 0) is 0 Å². The van der Waals surface area contributed by atoms with Crippen molar-refractivity contribution in [1.82, 2.24) is 0 Å². The van der Waals surface area contributed by atoms with Gasteiger partial charge in [-0.25, -0.2) is 0 Å². The monoisotopic (exact) mass is 292 g/mol. The Morgan fingerprint density at radius 3 is 2.70 bits per heavy atom. The number of hydrogen-bond acceptors (Lipinski definition) is 4. The van der Waals surface area contributed by atoms with Gasteiger partial charge in [0.25, 0.3) is 5.91 Å². The van der Waals surface area contributed by atoms with Crippen molar-refractivity contribution in [2.24, 2.45) is 0 Å². The first-order valence-electron chi connectivity index (χ1n) is 5.74. The highest BCUT2D eigenvalue weighted by Gasteiger charge is 2.13. The van der Waals surface area contributed by atoms with Crippen molar-refractivity contribution in [3.8, 4) is 11.5 Å². The number of methoxy groups -OCH3 is 1. The molecule has 0 spiro atoms. The Labute approximate surface area is 120 Å². The zero-order valence-electron chi connectivity index (χ0n) is 10.7. The summed E-state index contributed by atoms with van der Waals surface area (Å²) < 4.78 is 5.12. The van der Waals surface area contributed by atoms with E-state index in [9.17, 15) is 9.90 Å². The fraction of sp³-hybridized carbons (Fsp3) is 0.0714. The lowest BCUT2D eigenvalue weighted by atomic mass is 10.1. The topological polar surface area (TPSA) is 84.6 Å². The molecule has 20 heavy (non-hydrogen) atoms. The molecular formula is C14H13ClN2O3. The predicted octanol–water partition coefficient (Wildman–Crippen LogP) is 2.89. The van der Waals surface area contributed by atoms with Crippen LogP contribution in [0.3, 0.4) is 0 Å². The molecule has 0 atom stereocenters. The van der Waals surface area contributed by atoms with Gasteiger partial charge in [-0.1, -0.05) is 11.6 Å². The summed E-state index contributed by atoms with van der Waals surface area (Å²) in [5.41, 5.74) is 6.96. The molecule has 0 unspecified atom stereocenters. The number of nitrogens with two attached hydrogens (primary N) is 1. The Hall–Kier alpha value is -2.40. The number of phenolic OH excluding ortho intramolecular Hbond substituents is 1. The van der Waals surface area contributed by atoms with Crippen molar-refractivity contribution < 1.29 is 14.6 Å². The molecule has 6 heteroatoms. The standard InChI is InChI=1S/C14H13ClN2O3/c1-20-13-6-8(16)2-4-10(13)14(19)17-9-3-5-12(18)11(15)7-9/h2-7,18H,16H2,1H3,(H,17,19).